The monoisotopic (exact) mass is 1230 g/mol. The van der Waals surface area contributed by atoms with Crippen molar-refractivity contribution in [1.82, 2.24) is 26.6 Å². The number of unbranched alkanes of at least 4 members (excludes halogenated alkanes) is 12. The Bertz CT molecular complexity index is 2200. The maximum Gasteiger partial charge on any atom is 0.243 e. The van der Waals surface area contributed by atoms with Gasteiger partial charge in [-0.2, -0.15) is 0 Å². The number of nitrogens with zero attached hydrogens (tertiary/aromatic N) is 3. The Labute approximate surface area is 514 Å². The molecule has 0 bridgehead atoms. The van der Waals surface area contributed by atoms with E-state index < -0.39 is 146 Å². The number of carbonyl (C=O) groups excluding carboxylic acids is 10. The number of amides is 7. The van der Waals surface area contributed by atoms with Gasteiger partial charge in [-0.15, -0.1) is 0 Å². The largest absolute Gasteiger partial charge is 0.396 e. The summed E-state index contributed by atoms with van der Waals surface area (Å²) in [6, 6.07) is -6.67. The van der Waals surface area contributed by atoms with Gasteiger partial charge in [0.2, 0.25) is 41.4 Å². The Balaban J connectivity index is 6.42. The van der Waals surface area contributed by atoms with Crippen LogP contribution in [-0.2, 0) is 47.9 Å². The zero-order valence-corrected chi connectivity index (χ0v) is 52.6. The number of hydrogen-bond acceptors (Lipinski definition) is 15. The van der Waals surface area contributed by atoms with Crippen molar-refractivity contribution in [2.45, 2.75) is 232 Å². The van der Waals surface area contributed by atoms with Gasteiger partial charge in [0, 0.05) is 57.2 Å². The van der Waals surface area contributed by atoms with E-state index in [1.807, 2.05) is 0 Å². The van der Waals surface area contributed by atoms with Crippen LogP contribution in [0, 0.1) is 29.6 Å². The van der Waals surface area contributed by atoms with E-state index in [9.17, 15) is 58.2 Å². The van der Waals surface area contributed by atoms with Crippen molar-refractivity contribution in [3.8, 4) is 0 Å². The molecule has 498 valence electrons. The second kappa shape index (κ2) is 47.1. The molecule has 0 saturated carbocycles. The van der Waals surface area contributed by atoms with Crippen LogP contribution < -0.4 is 72.5 Å². The summed E-state index contributed by atoms with van der Waals surface area (Å²) in [5, 5.41) is 34.1. The molecule has 0 aliphatic carbocycles. The second-order valence-electron chi connectivity index (χ2n) is 23.2. The number of carbonyl (C=O) groups is 10. The van der Waals surface area contributed by atoms with Crippen molar-refractivity contribution in [1.29, 1.82) is 0 Å². The number of ketones is 3. The van der Waals surface area contributed by atoms with Gasteiger partial charge in [0.1, 0.15) is 18.1 Å². The maximum atomic E-state index is 14.4. The molecule has 0 spiro atoms. The smallest absolute Gasteiger partial charge is 0.243 e. The van der Waals surface area contributed by atoms with Gasteiger partial charge in [0.15, 0.2) is 35.2 Å². The molecule has 23 N–H and O–H groups in total. The molecule has 0 aromatic rings. The van der Waals surface area contributed by atoms with Gasteiger partial charge in [0.25, 0.3) is 0 Å². The van der Waals surface area contributed by atoms with E-state index in [1.165, 1.54) is 51.4 Å². The van der Waals surface area contributed by atoms with Crippen molar-refractivity contribution in [3.05, 3.63) is 0 Å². The quantitative estimate of drug-likeness (QED) is 0.0220. The van der Waals surface area contributed by atoms with Crippen LogP contribution in [-0.4, -0.2) is 150 Å². The van der Waals surface area contributed by atoms with Crippen LogP contribution in [0.3, 0.4) is 0 Å². The number of aliphatic hydroxyl groups excluding tert-OH is 2. The van der Waals surface area contributed by atoms with Gasteiger partial charge in [-0.25, -0.2) is 0 Å². The van der Waals surface area contributed by atoms with Crippen LogP contribution in [0.15, 0.2) is 15.0 Å². The summed E-state index contributed by atoms with van der Waals surface area (Å²) in [4.78, 5) is 147. The first-order chi connectivity index (χ1) is 41.2. The molecule has 0 fully saturated rings. The normalized spacial score (nSPS) is 14.3. The average molecular weight is 1240 g/mol. The number of hydrogen-bond donors (Lipinski definition) is 15. The first-order valence-electron chi connectivity index (χ1n) is 31.3. The van der Waals surface area contributed by atoms with Gasteiger partial charge in [-0.3, -0.25) is 62.9 Å². The van der Waals surface area contributed by atoms with E-state index in [1.54, 1.807) is 27.7 Å². The van der Waals surface area contributed by atoms with Crippen LogP contribution in [0.5, 0.6) is 0 Å². The molecule has 0 aliphatic heterocycles. The zero-order chi connectivity index (χ0) is 65.9. The van der Waals surface area contributed by atoms with Crippen LogP contribution in [0.25, 0.3) is 0 Å². The zero-order valence-electron chi connectivity index (χ0n) is 52.6. The van der Waals surface area contributed by atoms with E-state index in [0.29, 0.717) is 12.8 Å². The number of aliphatic hydroxyl groups is 2. The third kappa shape index (κ3) is 38.0. The van der Waals surface area contributed by atoms with Crippen LogP contribution >= 0.6 is 0 Å². The third-order valence-electron chi connectivity index (χ3n) is 15.1. The first-order valence-corrected chi connectivity index (χ1v) is 31.3. The molecule has 0 saturated heterocycles. The highest BCUT2D eigenvalue weighted by Crippen LogP contribution is 2.23. The highest BCUT2D eigenvalue weighted by molar-refractivity contribution is 5.98. The average Bonchev–Trinajstić information content (AvgIpc) is 3.67. The summed E-state index contributed by atoms with van der Waals surface area (Å²) >= 11 is 0. The molecule has 0 aliphatic rings. The highest BCUT2D eigenvalue weighted by Gasteiger charge is 2.36. The lowest BCUT2D eigenvalue weighted by Gasteiger charge is -2.28. The Morgan fingerprint density at radius 3 is 1.30 bits per heavy atom. The molecular formula is C59H110N16O12. The summed E-state index contributed by atoms with van der Waals surface area (Å²) in [7, 11) is 0. The third-order valence-corrected chi connectivity index (χ3v) is 15.1. The Morgan fingerprint density at radius 2 is 0.839 bits per heavy atom. The predicted molar refractivity (Wildman–Crippen MR) is 335 cm³/mol. The molecule has 87 heavy (non-hydrogen) atoms. The van der Waals surface area contributed by atoms with Crippen LogP contribution in [0.2, 0.25) is 0 Å². The number of primary amides is 2. The lowest BCUT2D eigenvalue weighted by Crippen LogP contribution is -2.53. The number of guanidine groups is 3. The molecule has 0 radical (unpaired) electrons. The highest BCUT2D eigenvalue weighted by atomic mass is 16.3. The van der Waals surface area contributed by atoms with Gasteiger partial charge in [-0.05, 0) is 63.2 Å². The summed E-state index contributed by atoms with van der Waals surface area (Å²) < 4.78 is 0. The molecule has 0 unspecified atom stereocenters. The fourth-order valence-corrected chi connectivity index (χ4v) is 9.76. The molecule has 7 amide bonds. The Morgan fingerprint density at radius 1 is 0.414 bits per heavy atom. The fraction of sp³-hybridized carbons (Fsp3) is 0.780. The summed E-state index contributed by atoms with van der Waals surface area (Å²) in [5.41, 5.74) is 43.6. The van der Waals surface area contributed by atoms with Crippen molar-refractivity contribution >= 4 is 76.6 Å². The molecule has 28 nitrogen and oxygen atoms in total. The van der Waals surface area contributed by atoms with E-state index in [2.05, 4.69) is 48.5 Å². The fourth-order valence-electron chi connectivity index (χ4n) is 9.76. The Hall–Kier alpha value is -6.97. The van der Waals surface area contributed by atoms with E-state index in [0.717, 1.165) is 25.7 Å². The summed E-state index contributed by atoms with van der Waals surface area (Å²) in [5.74, 6) is -12.6. The van der Waals surface area contributed by atoms with Crippen molar-refractivity contribution < 1.29 is 58.2 Å². The van der Waals surface area contributed by atoms with Crippen molar-refractivity contribution in [2.24, 2.45) is 90.4 Å². The van der Waals surface area contributed by atoms with E-state index >= 15 is 0 Å². The van der Waals surface area contributed by atoms with Crippen molar-refractivity contribution in [2.75, 3.05) is 32.8 Å². The summed E-state index contributed by atoms with van der Waals surface area (Å²) in [6.45, 7) is 7.79. The topological polar surface area (TPSA) is 517 Å². The molecule has 0 rings (SSSR count). The number of aliphatic imine (C=N–C) groups is 3. The van der Waals surface area contributed by atoms with Crippen molar-refractivity contribution in [3.63, 3.8) is 0 Å². The molecule has 9 atom stereocenters. The van der Waals surface area contributed by atoms with Gasteiger partial charge >= 0.3 is 0 Å². The number of Topliss-reactive ketones (excluding diaryl/α,β-unsaturated/α-hetero) is 3. The SMILES string of the molecule is CCCCCCCCCCCCCCCC(=O)N[C@@H](CCCN=C(N)N)C(=O)N[C@@H](CO)C(=O)C[C@H](C(=O)N[C@@H](CCCN=C(N)N)C(=O)C[C@@H](CO)C(=O)N[C@@H](CC(C)C)C(=O)C[C@@H](CCCN=C(N)N)C(=O)N[C@@H](CC(N)=O)C(N)=O)[C@@H](C)CC. The molecular weight excluding hydrogens is 1120 g/mol. The van der Waals surface area contributed by atoms with E-state index in [-0.39, 0.29) is 101 Å². The molecule has 28 heteroatoms. The summed E-state index contributed by atoms with van der Waals surface area (Å²) in [6.07, 6.45) is 13.8. The number of rotatable bonds is 53. The van der Waals surface area contributed by atoms with E-state index in [4.69, 9.17) is 45.9 Å². The lowest BCUT2D eigenvalue weighted by molar-refractivity contribution is -0.137. The minimum Gasteiger partial charge on any atom is -0.396 e. The standard InChI is InChI=1S/C59H110N16O12/c1-6-8-9-10-11-12-13-14-15-16-17-18-19-26-51(82)71-43(25-22-29-70-59(66)67)56(87)75-46(36-77)49(80)33-41(38(5)7-2)55(86)72-42(24-21-28-69-58(64)65)47(78)32-40(35-76)54(85)73-44(30-37(3)4)48(79)31-39(23-20-27-68-57(62)63)53(84)74-45(52(61)83)34-50(60)81/h37-46,76-77H,6-36H2,1-5H3,(H2,60,81)(H2,61,83)(H,71,82)(H,72,86)(H,73,85)(H,74,84)(H,75,87)(H4,62,63,68)(H4,64,65,69)(H4,66,67,70)/t38-,39+,40-,41-,42-,43-,44-,45-,46-/m0/s1. The molecule has 0 aromatic heterocycles. The minimum absolute atomic E-state index is 0.0119. The van der Waals surface area contributed by atoms with Gasteiger partial charge in [0.05, 0.1) is 37.6 Å². The minimum atomic E-state index is -1.50. The first kappa shape index (κ1) is 80.0. The van der Waals surface area contributed by atoms with Gasteiger partial charge in [-0.1, -0.05) is 118 Å². The second-order valence-corrected chi connectivity index (χ2v) is 23.2. The molecule has 0 aromatic carbocycles. The molecule has 0 heterocycles. The van der Waals surface area contributed by atoms with Crippen LogP contribution in [0.4, 0.5) is 0 Å². The predicted octanol–water partition coefficient (Wildman–Crippen LogP) is 0.216. The van der Waals surface area contributed by atoms with Crippen LogP contribution in [0.1, 0.15) is 202 Å². The van der Waals surface area contributed by atoms with Gasteiger partial charge < -0.3 is 82.7 Å². The Kier molecular flexibility index (Phi) is 43.4. The maximum absolute atomic E-state index is 14.4. The number of nitrogens with one attached hydrogen (secondary N) is 5. The lowest BCUT2D eigenvalue weighted by atomic mass is 9.84. The number of nitrogens with two attached hydrogens (primary N) is 8.